The number of thiophene rings is 1. The Morgan fingerprint density at radius 1 is 1.48 bits per heavy atom. The van der Waals surface area contributed by atoms with Gasteiger partial charge in [0.1, 0.15) is 11.6 Å². The molecule has 0 saturated heterocycles. The molecule has 7 heteroatoms. The maximum atomic E-state index is 12.2. The average Bonchev–Trinajstić information content (AvgIpc) is 3.22. The van der Waals surface area contributed by atoms with E-state index in [1.54, 1.807) is 11.3 Å². The van der Waals surface area contributed by atoms with Gasteiger partial charge in [-0.05, 0) is 25.3 Å². The van der Waals surface area contributed by atoms with Gasteiger partial charge in [0.15, 0.2) is 0 Å². The number of amides is 1. The predicted octanol–water partition coefficient (Wildman–Crippen LogP) is 3.07. The number of hydrogen-bond acceptors (Lipinski definition) is 5. The van der Waals surface area contributed by atoms with Crippen molar-refractivity contribution in [2.75, 3.05) is 5.32 Å². The first-order valence-corrected chi connectivity index (χ1v) is 8.32. The topological polar surface area (TPSA) is 73.0 Å². The number of carbonyl (C=O) groups excluding carboxylic acids is 1. The molecule has 0 aromatic carbocycles. The normalized spacial score (nSPS) is 17.1. The number of rotatable bonds is 3. The lowest BCUT2D eigenvalue weighted by Crippen LogP contribution is -2.25. The molecule has 1 aliphatic heterocycles. The SMILES string of the molecule is Cc1noc(C)c1C1CC(=O)Nc2c1cnn2Cc1cccs1. The molecule has 4 heterocycles. The third-order valence-electron chi connectivity index (χ3n) is 4.21. The van der Waals surface area contributed by atoms with Gasteiger partial charge in [0, 0.05) is 28.3 Å². The van der Waals surface area contributed by atoms with E-state index < -0.39 is 0 Å². The van der Waals surface area contributed by atoms with Gasteiger partial charge in [-0.3, -0.25) is 4.79 Å². The van der Waals surface area contributed by atoms with Crippen LogP contribution in [-0.4, -0.2) is 20.8 Å². The molecule has 118 valence electrons. The number of nitrogens with one attached hydrogen (secondary N) is 1. The van der Waals surface area contributed by atoms with E-state index in [-0.39, 0.29) is 11.8 Å². The predicted molar refractivity (Wildman–Crippen MR) is 86.7 cm³/mol. The molecule has 0 radical (unpaired) electrons. The molecule has 1 aliphatic rings. The van der Waals surface area contributed by atoms with Gasteiger partial charge in [0.2, 0.25) is 5.91 Å². The van der Waals surface area contributed by atoms with Crippen molar-refractivity contribution in [2.45, 2.75) is 32.7 Å². The van der Waals surface area contributed by atoms with Crippen molar-refractivity contribution in [1.29, 1.82) is 0 Å². The Labute approximate surface area is 137 Å². The zero-order valence-corrected chi connectivity index (χ0v) is 13.7. The maximum Gasteiger partial charge on any atom is 0.226 e. The molecular formula is C16H16N4O2S. The van der Waals surface area contributed by atoms with Crippen molar-refractivity contribution < 1.29 is 9.32 Å². The van der Waals surface area contributed by atoms with Crippen LogP contribution in [0.15, 0.2) is 28.2 Å². The first-order valence-electron chi connectivity index (χ1n) is 7.44. The fourth-order valence-electron chi connectivity index (χ4n) is 3.19. The summed E-state index contributed by atoms with van der Waals surface area (Å²) in [5, 5.41) is 13.5. The van der Waals surface area contributed by atoms with Crippen LogP contribution in [0.5, 0.6) is 0 Å². The lowest BCUT2D eigenvalue weighted by Gasteiger charge is -2.23. The zero-order chi connectivity index (χ0) is 16.0. The summed E-state index contributed by atoms with van der Waals surface area (Å²) >= 11 is 1.68. The Hall–Kier alpha value is -2.41. The van der Waals surface area contributed by atoms with Crippen LogP contribution >= 0.6 is 11.3 Å². The Bertz CT molecular complexity index is 843. The quantitative estimate of drug-likeness (QED) is 0.802. The number of carbonyl (C=O) groups is 1. The van der Waals surface area contributed by atoms with Gasteiger partial charge in [-0.2, -0.15) is 5.10 Å². The molecule has 0 spiro atoms. The summed E-state index contributed by atoms with van der Waals surface area (Å²) in [6, 6.07) is 4.08. The second-order valence-corrected chi connectivity index (χ2v) is 6.76. The summed E-state index contributed by atoms with van der Waals surface area (Å²) in [4.78, 5) is 13.4. The molecule has 0 aliphatic carbocycles. The van der Waals surface area contributed by atoms with Crippen molar-refractivity contribution in [3.05, 3.63) is 51.2 Å². The van der Waals surface area contributed by atoms with Crippen molar-refractivity contribution in [1.82, 2.24) is 14.9 Å². The van der Waals surface area contributed by atoms with Crippen LogP contribution < -0.4 is 5.32 Å². The third kappa shape index (κ3) is 2.37. The molecule has 3 aromatic heterocycles. The van der Waals surface area contributed by atoms with E-state index >= 15 is 0 Å². The second kappa shape index (κ2) is 5.34. The minimum atomic E-state index is -0.0536. The fourth-order valence-corrected chi connectivity index (χ4v) is 3.87. The molecule has 3 aromatic rings. The van der Waals surface area contributed by atoms with Crippen LogP contribution in [0.1, 0.15) is 39.8 Å². The number of nitrogens with zero attached hydrogens (tertiary/aromatic N) is 3. The maximum absolute atomic E-state index is 12.2. The molecule has 6 nitrogen and oxygen atoms in total. The van der Waals surface area contributed by atoms with E-state index in [4.69, 9.17) is 4.52 Å². The first-order chi connectivity index (χ1) is 11.1. The lowest BCUT2D eigenvalue weighted by molar-refractivity contribution is -0.116. The van der Waals surface area contributed by atoms with Gasteiger partial charge < -0.3 is 9.84 Å². The molecule has 1 unspecified atom stereocenters. The number of aryl methyl sites for hydroxylation is 2. The summed E-state index contributed by atoms with van der Waals surface area (Å²) in [5.74, 6) is 1.48. The Kier molecular flexibility index (Phi) is 3.30. The van der Waals surface area contributed by atoms with Crippen LogP contribution in [0.25, 0.3) is 0 Å². The average molecular weight is 328 g/mol. The standard InChI is InChI=1S/C16H16N4O2S/c1-9-15(10(2)22-19-9)12-6-14(21)18-16-13(12)7-17-20(16)8-11-4-3-5-23-11/h3-5,7,12H,6,8H2,1-2H3,(H,18,21). The van der Waals surface area contributed by atoms with E-state index in [1.807, 2.05) is 36.2 Å². The number of hydrogen-bond donors (Lipinski definition) is 1. The highest BCUT2D eigenvalue weighted by molar-refractivity contribution is 7.09. The monoisotopic (exact) mass is 328 g/mol. The van der Waals surface area contributed by atoms with E-state index in [1.165, 1.54) is 4.88 Å². The van der Waals surface area contributed by atoms with Gasteiger partial charge in [-0.1, -0.05) is 11.2 Å². The highest BCUT2D eigenvalue weighted by Gasteiger charge is 2.33. The highest BCUT2D eigenvalue weighted by atomic mass is 32.1. The van der Waals surface area contributed by atoms with Crippen molar-refractivity contribution in [3.63, 3.8) is 0 Å². The van der Waals surface area contributed by atoms with Crippen LogP contribution in [0.2, 0.25) is 0 Å². The number of fused-ring (bicyclic) bond motifs is 1. The van der Waals surface area contributed by atoms with Crippen LogP contribution in [0.4, 0.5) is 5.82 Å². The Balaban J connectivity index is 1.77. The largest absolute Gasteiger partial charge is 0.361 e. The molecule has 0 fully saturated rings. The van der Waals surface area contributed by atoms with Crippen molar-refractivity contribution in [2.24, 2.45) is 0 Å². The van der Waals surface area contributed by atoms with Crippen LogP contribution in [0, 0.1) is 13.8 Å². The van der Waals surface area contributed by atoms with Gasteiger partial charge in [0.25, 0.3) is 0 Å². The molecule has 1 N–H and O–H groups in total. The van der Waals surface area contributed by atoms with E-state index in [9.17, 15) is 4.79 Å². The molecule has 0 saturated carbocycles. The Morgan fingerprint density at radius 2 is 2.35 bits per heavy atom. The summed E-state index contributed by atoms with van der Waals surface area (Å²) in [6.45, 7) is 4.45. The molecule has 23 heavy (non-hydrogen) atoms. The summed E-state index contributed by atoms with van der Waals surface area (Å²) in [5.41, 5.74) is 2.85. The first kappa shape index (κ1) is 14.2. The van der Waals surface area contributed by atoms with Crippen molar-refractivity contribution in [3.8, 4) is 0 Å². The molecule has 4 rings (SSSR count). The summed E-state index contributed by atoms with van der Waals surface area (Å²) < 4.78 is 7.13. The smallest absolute Gasteiger partial charge is 0.226 e. The molecule has 1 amide bonds. The van der Waals surface area contributed by atoms with Crippen molar-refractivity contribution >= 4 is 23.1 Å². The summed E-state index contributed by atoms with van der Waals surface area (Å²) in [7, 11) is 0. The Morgan fingerprint density at radius 3 is 3.04 bits per heavy atom. The van der Waals surface area contributed by atoms with Gasteiger partial charge in [-0.15, -0.1) is 11.3 Å². The number of aromatic nitrogens is 3. The van der Waals surface area contributed by atoms with Crippen LogP contribution in [-0.2, 0) is 11.3 Å². The van der Waals surface area contributed by atoms with E-state index in [0.717, 1.165) is 28.4 Å². The molecular weight excluding hydrogens is 312 g/mol. The second-order valence-electron chi connectivity index (χ2n) is 5.73. The third-order valence-corrected chi connectivity index (χ3v) is 5.07. The van der Waals surface area contributed by atoms with Crippen LogP contribution in [0.3, 0.4) is 0 Å². The van der Waals surface area contributed by atoms with Gasteiger partial charge in [-0.25, -0.2) is 4.68 Å². The minimum absolute atomic E-state index is 0.00423. The van der Waals surface area contributed by atoms with Gasteiger partial charge in [0.05, 0.1) is 18.4 Å². The highest BCUT2D eigenvalue weighted by Crippen LogP contribution is 2.39. The van der Waals surface area contributed by atoms with E-state index in [0.29, 0.717) is 13.0 Å². The zero-order valence-electron chi connectivity index (χ0n) is 12.9. The summed E-state index contributed by atoms with van der Waals surface area (Å²) in [6.07, 6.45) is 2.24. The lowest BCUT2D eigenvalue weighted by atomic mass is 9.86. The van der Waals surface area contributed by atoms with Gasteiger partial charge >= 0.3 is 0 Å². The molecule has 0 bridgehead atoms. The molecule has 1 atom stereocenters. The minimum Gasteiger partial charge on any atom is -0.361 e. The van der Waals surface area contributed by atoms with E-state index in [2.05, 4.69) is 21.6 Å². The number of anilines is 1. The fraction of sp³-hybridized carbons (Fsp3) is 0.312.